The van der Waals surface area contributed by atoms with Crippen molar-refractivity contribution in [3.63, 3.8) is 0 Å². The van der Waals surface area contributed by atoms with Crippen molar-refractivity contribution in [1.29, 1.82) is 0 Å². The molecule has 1 aliphatic heterocycles. The molecule has 2 aromatic rings. The van der Waals surface area contributed by atoms with Crippen molar-refractivity contribution in [3.05, 3.63) is 42.0 Å². The summed E-state index contributed by atoms with van der Waals surface area (Å²) in [6.45, 7) is 9.60. The highest BCUT2D eigenvalue weighted by atomic mass is 16.5. The molecule has 1 aromatic heterocycles. The number of β-amino-alcohol motifs (C(OH)–C–C–N with tert-alkyl or cyclic N) is 1. The van der Waals surface area contributed by atoms with E-state index in [1.54, 1.807) is 7.11 Å². The number of aryl methyl sites for hydroxylation is 1. The van der Waals surface area contributed by atoms with Crippen LogP contribution < -0.4 is 9.47 Å². The predicted molar refractivity (Wildman–Crippen MR) is 126 cm³/mol. The second kappa shape index (κ2) is 12.2. The summed E-state index contributed by atoms with van der Waals surface area (Å²) in [7, 11) is 5.88. The van der Waals surface area contributed by atoms with Crippen molar-refractivity contribution in [1.82, 2.24) is 24.3 Å². The molecule has 3 rings (SSSR count). The molecule has 1 fully saturated rings. The first-order valence-corrected chi connectivity index (χ1v) is 11.6. The lowest BCUT2D eigenvalue weighted by Gasteiger charge is -2.24. The molecule has 0 saturated carbocycles. The fraction of sp³-hybridized carbons (Fsp3) is 0.625. The van der Waals surface area contributed by atoms with Crippen LogP contribution in [0.4, 0.5) is 0 Å². The van der Waals surface area contributed by atoms with Crippen LogP contribution >= 0.6 is 0 Å². The molecular formula is C24H39N5O3. The van der Waals surface area contributed by atoms with E-state index in [2.05, 4.69) is 51.3 Å². The van der Waals surface area contributed by atoms with Gasteiger partial charge in [0.15, 0.2) is 11.5 Å². The molecule has 0 spiro atoms. The lowest BCUT2D eigenvalue weighted by Crippen LogP contribution is -2.37. The predicted octanol–water partition coefficient (Wildman–Crippen LogP) is 1.92. The Morgan fingerprint density at radius 1 is 1.16 bits per heavy atom. The average Bonchev–Trinajstić information content (AvgIpc) is 3.12. The zero-order valence-corrected chi connectivity index (χ0v) is 20.0. The molecule has 32 heavy (non-hydrogen) atoms. The number of rotatable bonds is 11. The molecule has 1 unspecified atom stereocenters. The number of aliphatic hydroxyl groups is 1. The van der Waals surface area contributed by atoms with Crippen molar-refractivity contribution < 1.29 is 14.6 Å². The van der Waals surface area contributed by atoms with Crippen molar-refractivity contribution in [2.45, 2.75) is 39.1 Å². The molecule has 1 N–H and O–H groups in total. The smallest absolute Gasteiger partial charge is 0.161 e. The molecule has 1 atom stereocenters. The summed E-state index contributed by atoms with van der Waals surface area (Å²) < 4.78 is 13.6. The quantitative estimate of drug-likeness (QED) is 0.567. The van der Waals surface area contributed by atoms with Gasteiger partial charge in [0, 0.05) is 45.1 Å². The Morgan fingerprint density at radius 2 is 2.00 bits per heavy atom. The van der Waals surface area contributed by atoms with Gasteiger partial charge in [0.1, 0.15) is 18.5 Å². The van der Waals surface area contributed by atoms with Gasteiger partial charge in [-0.25, -0.2) is 4.98 Å². The van der Waals surface area contributed by atoms with Gasteiger partial charge >= 0.3 is 0 Å². The van der Waals surface area contributed by atoms with E-state index in [1.165, 1.54) is 0 Å². The van der Waals surface area contributed by atoms with Gasteiger partial charge in [-0.05, 0) is 58.2 Å². The van der Waals surface area contributed by atoms with Crippen molar-refractivity contribution in [3.8, 4) is 11.5 Å². The molecule has 178 valence electrons. The van der Waals surface area contributed by atoms with Gasteiger partial charge in [0.05, 0.1) is 13.7 Å². The molecular weight excluding hydrogens is 406 g/mol. The van der Waals surface area contributed by atoms with E-state index in [4.69, 9.17) is 9.47 Å². The van der Waals surface area contributed by atoms with Crippen LogP contribution in [0.5, 0.6) is 11.5 Å². The van der Waals surface area contributed by atoms with E-state index < -0.39 is 6.10 Å². The number of aliphatic hydroxyl groups excluding tert-OH is 1. The minimum Gasteiger partial charge on any atom is -0.493 e. The van der Waals surface area contributed by atoms with Crippen LogP contribution in [0, 0.1) is 0 Å². The zero-order valence-electron chi connectivity index (χ0n) is 20.0. The highest BCUT2D eigenvalue weighted by Gasteiger charge is 2.17. The molecule has 8 heteroatoms. The van der Waals surface area contributed by atoms with Crippen LogP contribution in [0.15, 0.2) is 30.6 Å². The summed E-state index contributed by atoms with van der Waals surface area (Å²) in [6.07, 6.45) is 4.45. The molecule has 0 radical (unpaired) electrons. The molecule has 2 heterocycles. The summed E-state index contributed by atoms with van der Waals surface area (Å²) >= 11 is 0. The maximum atomic E-state index is 10.6. The number of hydrogen-bond acceptors (Lipinski definition) is 7. The van der Waals surface area contributed by atoms with Gasteiger partial charge < -0.3 is 24.0 Å². The Hall–Kier alpha value is -2.13. The summed E-state index contributed by atoms with van der Waals surface area (Å²) in [5.74, 6) is 2.41. The molecule has 0 amide bonds. The van der Waals surface area contributed by atoms with Crippen molar-refractivity contribution in [2.75, 3.05) is 60.5 Å². The first-order chi connectivity index (χ1) is 15.5. The van der Waals surface area contributed by atoms with Gasteiger partial charge in [0.2, 0.25) is 0 Å². The first kappa shape index (κ1) is 24.5. The van der Waals surface area contributed by atoms with E-state index in [9.17, 15) is 5.11 Å². The third kappa shape index (κ3) is 7.20. The van der Waals surface area contributed by atoms with Crippen molar-refractivity contribution in [2.24, 2.45) is 0 Å². The van der Waals surface area contributed by atoms with E-state index in [-0.39, 0.29) is 6.61 Å². The van der Waals surface area contributed by atoms with Crippen LogP contribution in [-0.2, 0) is 19.6 Å². The second-order valence-corrected chi connectivity index (χ2v) is 8.71. The van der Waals surface area contributed by atoms with Crippen LogP contribution in [0.2, 0.25) is 0 Å². The second-order valence-electron chi connectivity index (χ2n) is 8.71. The fourth-order valence-corrected chi connectivity index (χ4v) is 4.14. The number of ether oxygens (including phenoxy) is 2. The largest absolute Gasteiger partial charge is 0.493 e. The van der Waals surface area contributed by atoms with Gasteiger partial charge in [-0.1, -0.05) is 6.07 Å². The number of aromatic nitrogens is 2. The van der Waals surface area contributed by atoms with E-state index >= 15 is 0 Å². The number of benzene rings is 1. The lowest BCUT2D eigenvalue weighted by molar-refractivity contribution is 0.0685. The molecule has 1 saturated heterocycles. The normalized spacial score (nSPS) is 16.8. The maximum Gasteiger partial charge on any atom is 0.161 e. The van der Waals surface area contributed by atoms with E-state index in [0.717, 1.165) is 63.6 Å². The monoisotopic (exact) mass is 445 g/mol. The number of hydrogen-bond donors (Lipinski definition) is 1. The lowest BCUT2D eigenvalue weighted by atomic mass is 10.2. The fourth-order valence-electron chi connectivity index (χ4n) is 4.14. The topological polar surface area (TPSA) is 66.2 Å². The Kier molecular flexibility index (Phi) is 9.35. The van der Waals surface area contributed by atoms with E-state index in [0.29, 0.717) is 18.0 Å². The van der Waals surface area contributed by atoms with Gasteiger partial charge in [-0.2, -0.15) is 0 Å². The zero-order chi connectivity index (χ0) is 22.9. The van der Waals surface area contributed by atoms with Gasteiger partial charge in [-0.15, -0.1) is 0 Å². The van der Waals surface area contributed by atoms with Gasteiger partial charge in [-0.3, -0.25) is 9.80 Å². The third-order valence-corrected chi connectivity index (χ3v) is 5.95. The van der Waals surface area contributed by atoms with Gasteiger partial charge in [0.25, 0.3) is 0 Å². The number of likely N-dealkylation sites (N-methyl/N-ethyl adjacent to an activating group) is 1. The Balaban J connectivity index is 1.54. The third-order valence-electron chi connectivity index (χ3n) is 5.95. The number of imidazole rings is 1. The van der Waals surface area contributed by atoms with Crippen LogP contribution in [0.25, 0.3) is 0 Å². The average molecular weight is 446 g/mol. The first-order valence-electron chi connectivity index (χ1n) is 11.6. The SMILES string of the molecule is CCn1ccnc1CN(C)Cc1ccc(OC)c(OCC(O)CN2CCCN(C)CC2)c1. The van der Waals surface area contributed by atoms with Crippen LogP contribution in [0.3, 0.4) is 0 Å². The summed E-state index contributed by atoms with van der Waals surface area (Å²) in [5.41, 5.74) is 1.13. The minimum atomic E-state index is -0.539. The Morgan fingerprint density at radius 3 is 2.78 bits per heavy atom. The van der Waals surface area contributed by atoms with Crippen molar-refractivity contribution >= 4 is 0 Å². The number of methoxy groups -OCH3 is 1. The molecule has 0 bridgehead atoms. The van der Waals surface area contributed by atoms with Crippen LogP contribution in [0.1, 0.15) is 24.7 Å². The molecule has 1 aromatic carbocycles. The molecule has 1 aliphatic rings. The Labute approximate surface area is 192 Å². The van der Waals surface area contributed by atoms with Crippen LogP contribution in [-0.4, -0.2) is 96.0 Å². The molecule has 8 nitrogen and oxygen atoms in total. The standard InChI is InChI=1S/C24H39N5O3/c1-5-29-12-9-25-24(29)18-27(3)16-20-7-8-22(31-4)23(15-20)32-19-21(30)17-28-11-6-10-26(2)13-14-28/h7-9,12,15,21,30H,5-6,10-11,13-14,16-19H2,1-4H3. The highest BCUT2D eigenvalue weighted by molar-refractivity contribution is 5.43. The molecule has 0 aliphatic carbocycles. The maximum absolute atomic E-state index is 10.6. The Bertz CT molecular complexity index is 828. The highest BCUT2D eigenvalue weighted by Crippen LogP contribution is 2.29. The minimum absolute atomic E-state index is 0.246. The number of nitrogens with zero attached hydrogens (tertiary/aromatic N) is 5. The summed E-state index contributed by atoms with van der Waals surface area (Å²) in [4.78, 5) is 11.3. The summed E-state index contributed by atoms with van der Waals surface area (Å²) in [6, 6.07) is 6.00. The summed E-state index contributed by atoms with van der Waals surface area (Å²) in [5, 5.41) is 10.6. The van der Waals surface area contributed by atoms with E-state index in [1.807, 2.05) is 24.5 Å².